The van der Waals surface area contributed by atoms with E-state index in [2.05, 4.69) is 4.90 Å². The van der Waals surface area contributed by atoms with Crippen LogP contribution in [-0.4, -0.2) is 69.4 Å². The maximum atomic E-state index is 13.3. The zero-order valence-corrected chi connectivity index (χ0v) is 21.5. The molecule has 3 aromatic rings. The largest absolute Gasteiger partial charge is 0.379 e. The van der Waals surface area contributed by atoms with Crippen molar-refractivity contribution < 1.29 is 17.9 Å². The number of morpholine rings is 1. The van der Waals surface area contributed by atoms with Gasteiger partial charge in [-0.2, -0.15) is 0 Å². The van der Waals surface area contributed by atoms with Crippen LogP contribution in [0, 0.1) is 6.92 Å². The van der Waals surface area contributed by atoms with Crippen LogP contribution in [0.1, 0.15) is 18.4 Å². The van der Waals surface area contributed by atoms with Crippen LogP contribution in [0.4, 0.5) is 5.13 Å². The van der Waals surface area contributed by atoms with E-state index in [1.165, 1.54) is 35.6 Å². The molecule has 0 bridgehead atoms. The molecule has 2 aromatic carbocycles. The lowest BCUT2D eigenvalue weighted by atomic mass is 10.2. The van der Waals surface area contributed by atoms with Gasteiger partial charge in [-0.3, -0.25) is 14.6 Å². The number of carbonyl (C=O) groups is 1. The van der Waals surface area contributed by atoms with E-state index in [1.54, 1.807) is 4.90 Å². The van der Waals surface area contributed by atoms with Gasteiger partial charge in [0.25, 0.3) is 0 Å². The fourth-order valence-electron chi connectivity index (χ4n) is 3.91. The summed E-state index contributed by atoms with van der Waals surface area (Å²) < 4.78 is 32.0. The maximum Gasteiger partial charge on any atom is 0.229 e. The molecular weight excluding hydrogens is 494 g/mol. The van der Waals surface area contributed by atoms with Crippen LogP contribution >= 0.6 is 22.9 Å². The second kappa shape index (κ2) is 11.1. The van der Waals surface area contributed by atoms with Crippen LogP contribution in [0.5, 0.6) is 0 Å². The topological polar surface area (TPSA) is 79.8 Å². The smallest absolute Gasteiger partial charge is 0.229 e. The molecule has 1 fully saturated rings. The molecule has 1 aliphatic rings. The molecular formula is C24H28ClN3O4S2. The Labute approximate surface area is 209 Å². The Kier molecular flexibility index (Phi) is 8.21. The molecule has 0 radical (unpaired) electrons. The highest BCUT2D eigenvalue weighted by Crippen LogP contribution is 2.31. The Balaban J connectivity index is 1.49. The van der Waals surface area contributed by atoms with Crippen LogP contribution in [0.25, 0.3) is 10.2 Å². The molecule has 2 heterocycles. The highest BCUT2D eigenvalue weighted by molar-refractivity contribution is 7.91. The number of anilines is 1. The lowest BCUT2D eigenvalue weighted by Crippen LogP contribution is -2.39. The predicted octanol–water partition coefficient (Wildman–Crippen LogP) is 4.18. The number of hydrogen-bond donors (Lipinski definition) is 0. The quantitative estimate of drug-likeness (QED) is 0.420. The van der Waals surface area contributed by atoms with Crippen molar-refractivity contribution in [2.45, 2.75) is 24.7 Å². The van der Waals surface area contributed by atoms with Crippen LogP contribution in [0.3, 0.4) is 0 Å². The van der Waals surface area contributed by atoms with Gasteiger partial charge in [-0.15, -0.1) is 0 Å². The van der Waals surface area contributed by atoms with Gasteiger partial charge >= 0.3 is 0 Å². The fourth-order valence-corrected chi connectivity index (χ4v) is 6.35. The van der Waals surface area contributed by atoms with Gasteiger partial charge < -0.3 is 4.74 Å². The van der Waals surface area contributed by atoms with Gasteiger partial charge in [0, 0.05) is 37.6 Å². The van der Waals surface area contributed by atoms with Crippen LogP contribution < -0.4 is 4.90 Å². The number of fused-ring (bicyclic) bond motifs is 1. The SMILES string of the molecule is Cc1cccc2sc(N(CCCN3CCOCC3)C(=O)CCS(=O)(=O)c3ccc(Cl)cc3)nc12. The Morgan fingerprint density at radius 1 is 1.18 bits per heavy atom. The van der Waals surface area contributed by atoms with Crippen molar-refractivity contribution in [3.8, 4) is 0 Å². The Morgan fingerprint density at radius 2 is 1.91 bits per heavy atom. The van der Waals surface area contributed by atoms with Crippen LogP contribution in [0.2, 0.25) is 5.02 Å². The van der Waals surface area contributed by atoms with Gasteiger partial charge in [0.1, 0.15) is 0 Å². The minimum atomic E-state index is -3.60. The minimum absolute atomic E-state index is 0.114. The first-order valence-corrected chi connectivity index (χ1v) is 14.1. The van der Waals surface area contributed by atoms with E-state index in [4.69, 9.17) is 21.3 Å². The summed E-state index contributed by atoms with van der Waals surface area (Å²) >= 11 is 7.34. The Bertz CT molecular complexity index is 1240. The monoisotopic (exact) mass is 521 g/mol. The third kappa shape index (κ3) is 6.14. The van der Waals surface area contributed by atoms with E-state index < -0.39 is 9.84 Å². The third-order valence-electron chi connectivity index (χ3n) is 5.86. The number of ether oxygens (including phenoxy) is 1. The molecule has 1 aromatic heterocycles. The number of aryl methyl sites for hydroxylation is 1. The summed E-state index contributed by atoms with van der Waals surface area (Å²) in [6, 6.07) is 12.0. The Hall–Kier alpha value is -2.04. The van der Waals surface area contributed by atoms with Crippen molar-refractivity contribution >= 4 is 54.0 Å². The summed E-state index contributed by atoms with van der Waals surface area (Å²) in [5.74, 6) is -0.506. The molecule has 1 aliphatic heterocycles. The first-order chi connectivity index (χ1) is 16.3. The number of carbonyl (C=O) groups excluding carboxylic acids is 1. The predicted molar refractivity (Wildman–Crippen MR) is 137 cm³/mol. The van der Waals surface area contributed by atoms with Crippen molar-refractivity contribution in [3.05, 3.63) is 53.1 Å². The fraction of sp³-hybridized carbons (Fsp3) is 0.417. The summed E-state index contributed by atoms with van der Waals surface area (Å²) in [6.45, 7) is 6.54. The second-order valence-corrected chi connectivity index (χ2v) is 11.8. The molecule has 10 heteroatoms. The molecule has 0 aliphatic carbocycles. The molecule has 34 heavy (non-hydrogen) atoms. The summed E-state index contributed by atoms with van der Waals surface area (Å²) in [5, 5.41) is 1.08. The maximum absolute atomic E-state index is 13.3. The number of para-hydroxylation sites is 1. The number of amides is 1. The van der Waals surface area contributed by atoms with E-state index in [0.29, 0.717) is 16.7 Å². The zero-order chi connectivity index (χ0) is 24.1. The van der Waals surface area contributed by atoms with Crippen molar-refractivity contribution in [1.29, 1.82) is 0 Å². The average Bonchev–Trinajstić information content (AvgIpc) is 3.27. The summed E-state index contributed by atoms with van der Waals surface area (Å²) in [7, 11) is -3.60. The molecule has 7 nitrogen and oxygen atoms in total. The van der Waals surface area contributed by atoms with E-state index in [9.17, 15) is 13.2 Å². The summed E-state index contributed by atoms with van der Waals surface area (Å²) in [6.07, 6.45) is 0.655. The number of rotatable bonds is 9. The van der Waals surface area contributed by atoms with E-state index in [-0.39, 0.29) is 23.0 Å². The molecule has 1 amide bonds. The van der Waals surface area contributed by atoms with Crippen LogP contribution in [-0.2, 0) is 19.4 Å². The molecule has 0 saturated carbocycles. The Morgan fingerprint density at radius 3 is 2.62 bits per heavy atom. The zero-order valence-electron chi connectivity index (χ0n) is 19.1. The molecule has 4 rings (SSSR count). The summed E-state index contributed by atoms with van der Waals surface area (Å²) in [4.78, 5) is 22.2. The van der Waals surface area contributed by atoms with Crippen molar-refractivity contribution in [2.75, 3.05) is 50.0 Å². The van der Waals surface area contributed by atoms with Gasteiger partial charge in [0.05, 0.1) is 34.1 Å². The van der Waals surface area contributed by atoms with Gasteiger partial charge in [-0.25, -0.2) is 13.4 Å². The summed E-state index contributed by atoms with van der Waals surface area (Å²) in [5.41, 5.74) is 1.92. The molecule has 0 atom stereocenters. The number of thiazole rings is 1. The number of halogens is 1. The second-order valence-electron chi connectivity index (χ2n) is 8.29. The average molecular weight is 522 g/mol. The van der Waals surface area contributed by atoms with E-state index >= 15 is 0 Å². The number of sulfone groups is 1. The number of benzene rings is 2. The molecule has 0 N–H and O–H groups in total. The number of aromatic nitrogens is 1. The van der Waals surface area contributed by atoms with Gasteiger partial charge in [-0.1, -0.05) is 35.1 Å². The number of hydrogen-bond acceptors (Lipinski definition) is 7. The van der Waals surface area contributed by atoms with Crippen molar-refractivity contribution in [2.24, 2.45) is 0 Å². The normalized spacial score (nSPS) is 15.0. The van der Waals surface area contributed by atoms with E-state index in [0.717, 1.165) is 55.0 Å². The standard InChI is InChI=1S/C24H28ClN3O4S2/c1-18-4-2-5-21-23(18)26-24(33-21)28(12-3-11-27-13-15-32-16-14-27)22(29)10-17-34(30,31)20-8-6-19(25)7-9-20/h2,4-9H,3,10-17H2,1H3. The lowest BCUT2D eigenvalue weighted by molar-refractivity contribution is -0.118. The van der Waals surface area contributed by atoms with Crippen molar-refractivity contribution in [3.63, 3.8) is 0 Å². The van der Waals surface area contributed by atoms with Gasteiger partial charge in [0.15, 0.2) is 15.0 Å². The van der Waals surface area contributed by atoms with Crippen molar-refractivity contribution in [1.82, 2.24) is 9.88 Å². The third-order valence-corrected chi connectivity index (χ3v) is 8.89. The number of nitrogens with zero attached hydrogens (tertiary/aromatic N) is 3. The highest BCUT2D eigenvalue weighted by Gasteiger charge is 2.24. The lowest BCUT2D eigenvalue weighted by Gasteiger charge is -2.27. The minimum Gasteiger partial charge on any atom is -0.379 e. The van der Waals surface area contributed by atoms with Gasteiger partial charge in [-0.05, 0) is 49.2 Å². The molecule has 0 spiro atoms. The molecule has 1 saturated heterocycles. The van der Waals surface area contributed by atoms with Gasteiger partial charge in [0.2, 0.25) is 5.91 Å². The first-order valence-electron chi connectivity index (χ1n) is 11.3. The van der Waals surface area contributed by atoms with Crippen LogP contribution in [0.15, 0.2) is 47.4 Å². The highest BCUT2D eigenvalue weighted by atomic mass is 35.5. The molecule has 0 unspecified atom stereocenters. The first kappa shape index (κ1) is 25.1. The molecule has 182 valence electrons. The van der Waals surface area contributed by atoms with E-state index in [1.807, 2.05) is 25.1 Å².